The number of hydrogen-bond donors (Lipinski definition) is 2. The number of sulfonamides is 1. The van der Waals surface area contributed by atoms with E-state index in [9.17, 15) is 13.5 Å². The number of nitrogens with zero attached hydrogens (tertiary/aromatic N) is 4. The number of aliphatic hydroxyl groups excluding tert-OH is 1. The third-order valence-electron chi connectivity index (χ3n) is 6.18. The van der Waals surface area contributed by atoms with Gasteiger partial charge in [0.05, 0.1) is 25.2 Å². The fraction of sp³-hybridized carbons (Fsp3) is 0.417. The number of aliphatic hydroxyl groups is 1. The number of nitrogens with one attached hydrogen (secondary N) is 1. The average Bonchev–Trinajstić information content (AvgIpc) is 3.45. The van der Waals surface area contributed by atoms with Gasteiger partial charge in [0, 0.05) is 35.2 Å². The van der Waals surface area contributed by atoms with Gasteiger partial charge >= 0.3 is 6.01 Å². The first-order chi connectivity index (χ1) is 16.7. The number of rotatable bonds is 9. The van der Waals surface area contributed by atoms with Crippen molar-refractivity contribution in [2.75, 3.05) is 38.6 Å². The zero-order valence-electron chi connectivity index (χ0n) is 20.4. The van der Waals surface area contributed by atoms with Crippen molar-refractivity contribution in [2.45, 2.75) is 37.7 Å². The van der Waals surface area contributed by atoms with E-state index < -0.39 is 16.1 Å². The Kier molecular flexibility index (Phi) is 7.29. The summed E-state index contributed by atoms with van der Waals surface area (Å²) >= 11 is 0. The molecule has 3 aromatic rings. The van der Waals surface area contributed by atoms with Gasteiger partial charge in [-0.2, -0.15) is 9.97 Å². The number of aryl methyl sites for hydroxylation is 1. The van der Waals surface area contributed by atoms with Crippen molar-refractivity contribution in [1.29, 1.82) is 0 Å². The second-order valence-electron chi connectivity index (χ2n) is 8.57. The first-order valence-corrected chi connectivity index (χ1v) is 12.9. The predicted molar refractivity (Wildman–Crippen MR) is 132 cm³/mol. The van der Waals surface area contributed by atoms with Gasteiger partial charge < -0.3 is 24.0 Å². The van der Waals surface area contributed by atoms with E-state index in [1.54, 1.807) is 12.1 Å². The van der Waals surface area contributed by atoms with Crippen molar-refractivity contribution in [3.63, 3.8) is 0 Å². The van der Waals surface area contributed by atoms with Crippen LogP contribution in [-0.2, 0) is 10.0 Å². The molecule has 1 saturated heterocycles. The van der Waals surface area contributed by atoms with Crippen molar-refractivity contribution in [3.8, 4) is 17.6 Å². The quantitative estimate of drug-likeness (QED) is 0.460. The van der Waals surface area contributed by atoms with Crippen LogP contribution in [0.3, 0.4) is 0 Å². The molecule has 2 aromatic heterocycles. The molecule has 1 fully saturated rings. The molecule has 0 spiro atoms. The van der Waals surface area contributed by atoms with Gasteiger partial charge in [0.25, 0.3) is 10.0 Å². The van der Waals surface area contributed by atoms with E-state index in [2.05, 4.69) is 19.6 Å². The van der Waals surface area contributed by atoms with Gasteiger partial charge in [-0.25, -0.2) is 8.42 Å². The van der Waals surface area contributed by atoms with Crippen molar-refractivity contribution in [2.24, 2.45) is 0 Å². The van der Waals surface area contributed by atoms with Gasteiger partial charge in [0.2, 0.25) is 5.88 Å². The Labute approximate surface area is 205 Å². The van der Waals surface area contributed by atoms with Gasteiger partial charge in [-0.15, -0.1) is 0 Å². The second-order valence-corrected chi connectivity index (χ2v) is 10.2. The van der Waals surface area contributed by atoms with E-state index in [-0.39, 0.29) is 22.6 Å². The molecule has 11 heteroatoms. The highest BCUT2D eigenvalue weighted by Gasteiger charge is 2.22. The Balaban J connectivity index is 1.55. The van der Waals surface area contributed by atoms with E-state index in [1.165, 1.54) is 45.3 Å². The second kappa shape index (κ2) is 10.2. The third-order valence-corrected chi connectivity index (χ3v) is 7.55. The lowest BCUT2D eigenvalue weighted by molar-refractivity contribution is 0.125. The van der Waals surface area contributed by atoms with E-state index in [0.29, 0.717) is 6.54 Å². The fourth-order valence-corrected chi connectivity index (χ4v) is 5.45. The summed E-state index contributed by atoms with van der Waals surface area (Å²) in [4.78, 5) is 10.3. The summed E-state index contributed by atoms with van der Waals surface area (Å²) in [5.41, 5.74) is 3.60. The number of ether oxygens (including phenoxy) is 2. The summed E-state index contributed by atoms with van der Waals surface area (Å²) < 4.78 is 40.4. The number of benzene rings is 1. The molecule has 0 saturated carbocycles. The first-order valence-electron chi connectivity index (χ1n) is 11.4. The molecule has 0 aliphatic carbocycles. The van der Waals surface area contributed by atoms with Crippen LogP contribution in [0.25, 0.3) is 5.69 Å². The van der Waals surface area contributed by atoms with Crippen LogP contribution in [0.4, 0.5) is 5.82 Å². The molecule has 1 atom stereocenters. The minimum Gasteiger partial charge on any atom is -0.481 e. The monoisotopic (exact) mass is 501 g/mol. The largest absolute Gasteiger partial charge is 0.481 e. The summed E-state index contributed by atoms with van der Waals surface area (Å²) in [5, 5.41) is 10.8. The maximum atomic E-state index is 12.9. The SMILES string of the molecule is COc1cc(NS(=O)(=O)c2ccc(-n3c(C)cc(C(O)CN4CCCC4)c3C)cc2)nc(OC)n1. The number of β-amino-alcohol motifs (C(OH)–C–C–N with tert-alkyl or cyclic N) is 1. The maximum absolute atomic E-state index is 12.9. The van der Waals surface area contributed by atoms with Crippen molar-refractivity contribution in [1.82, 2.24) is 19.4 Å². The standard InChI is InChI=1S/C24H31N5O5S/c1-16-13-20(21(30)15-28-11-5-6-12-28)17(2)29(16)18-7-9-19(10-8-18)35(31,32)27-22-14-23(33-3)26-24(25-22)34-4/h7-10,13-14,21,30H,5-6,11-12,15H2,1-4H3,(H,25,26,27). The average molecular weight is 502 g/mol. The molecular formula is C24H31N5O5S. The Morgan fingerprint density at radius 1 is 1.06 bits per heavy atom. The number of hydrogen-bond acceptors (Lipinski definition) is 8. The summed E-state index contributed by atoms with van der Waals surface area (Å²) in [6, 6.07) is 9.91. The number of methoxy groups -OCH3 is 2. The van der Waals surface area contributed by atoms with Crippen molar-refractivity contribution >= 4 is 15.8 Å². The molecule has 4 rings (SSSR count). The van der Waals surface area contributed by atoms with E-state index in [1.807, 2.05) is 24.5 Å². The van der Waals surface area contributed by atoms with Gasteiger partial charge in [-0.3, -0.25) is 4.72 Å². The van der Waals surface area contributed by atoms with Crippen LogP contribution < -0.4 is 14.2 Å². The number of aromatic nitrogens is 3. The lowest BCUT2D eigenvalue weighted by Crippen LogP contribution is -2.25. The van der Waals surface area contributed by atoms with Gasteiger partial charge in [-0.05, 0) is 70.1 Å². The van der Waals surface area contributed by atoms with Crippen LogP contribution in [0.2, 0.25) is 0 Å². The maximum Gasteiger partial charge on any atom is 0.321 e. The van der Waals surface area contributed by atoms with Crippen molar-refractivity contribution < 1.29 is 23.0 Å². The first kappa shape index (κ1) is 25.0. The highest BCUT2D eigenvalue weighted by molar-refractivity contribution is 7.92. The molecular weight excluding hydrogens is 470 g/mol. The van der Waals surface area contributed by atoms with Gasteiger partial charge in [-0.1, -0.05) is 0 Å². The smallest absolute Gasteiger partial charge is 0.321 e. The Bertz CT molecular complexity index is 1260. The lowest BCUT2D eigenvalue weighted by Gasteiger charge is -2.19. The topological polar surface area (TPSA) is 119 Å². The molecule has 1 aliphatic rings. The third kappa shape index (κ3) is 5.42. The van der Waals surface area contributed by atoms with E-state index in [4.69, 9.17) is 9.47 Å². The molecule has 2 N–H and O–H groups in total. The van der Waals surface area contributed by atoms with Crippen molar-refractivity contribution in [3.05, 3.63) is 53.3 Å². The molecule has 1 aromatic carbocycles. The Hall–Kier alpha value is -3.15. The molecule has 0 bridgehead atoms. The van der Waals surface area contributed by atoms with E-state index >= 15 is 0 Å². The van der Waals surface area contributed by atoms with Crippen LogP contribution in [0.1, 0.15) is 35.9 Å². The minimum absolute atomic E-state index is 0.0151. The Morgan fingerprint density at radius 3 is 2.37 bits per heavy atom. The molecule has 3 heterocycles. The van der Waals surface area contributed by atoms with Crippen LogP contribution in [0.15, 0.2) is 41.3 Å². The summed E-state index contributed by atoms with van der Waals surface area (Å²) in [6.07, 6.45) is 1.78. The van der Waals surface area contributed by atoms with E-state index in [0.717, 1.165) is 35.7 Å². The van der Waals surface area contributed by atoms with Crippen LogP contribution in [-0.4, -0.2) is 66.8 Å². The number of anilines is 1. The predicted octanol–water partition coefficient (Wildman–Crippen LogP) is 2.83. The molecule has 10 nitrogen and oxygen atoms in total. The Morgan fingerprint density at radius 2 is 1.74 bits per heavy atom. The van der Waals surface area contributed by atoms with Crippen LogP contribution >= 0.6 is 0 Å². The normalized spacial score (nSPS) is 15.2. The van der Waals surface area contributed by atoms with Gasteiger partial charge in [0.15, 0.2) is 5.82 Å². The minimum atomic E-state index is -3.91. The fourth-order valence-electron chi connectivity index (χ4n) is 4.45. The molecule has 0 amide bonds. The summed E-state index contributed by atoms with van der Waals surface area (Å²) in [6.45, 7) is 6.60. The molecule has 0 radical (unpaired) electrons. The van der Waals surface area contributed by atoms with Crippen LogP contribution in [0.5, 0.6) is 11.9 Å². The summed E-state index contributed by atoms with van der Waals surface area (Å²) in [7, 11) is -1.11. The van der Waals surface area contributed by atoms with Gasteiger partial charge in [0.1, 0.15) is 0 Å². The van der Waals surface area contributed by atoms with Crippen LogP contribution in [0, 0.1) is 13.8 Å². The molecule has 1 aliphatic heterocycles. The lowest BCUT2D eigenvalue weighted by atomic mass is 10.1. The highest BCUT2D eigenvalue weighted by atomic mass is 32.2. The molecule has 188 valence electrons. The zero-order chi connectivity index (χ0) is 25.2. The summed E-state index contributed by atoms with van der Waals surface area (Å²) in [5.74, 6) is 0.206. The molecule has 1 unspecified atom stereocenters. The molecule has 35 heavy (non-hydrogen) atoms. The number of likely N-dealkylation sites (tertiary alicyclic amines) is 1. The highest BCUT2D eigenvalue weighted by Crippen LogP contribution is 2.28. The zero-order valence-corrected chi connectivity index (χ0v) is 21.2.